The summed E-state index contributed by atoms with van der Waals surface area (Å²) in [4.78, 5) is 0. The molecular weight excluding hydrogens is 243 g/mol. The lowest BCUT2D eigenvalue weighted by molar-refractivity contribution is 0.305. The number of aliphatic hydroxyl groups is 1. The molecule has 2 aromatic rings. The van der Waals surface area contributed by atoms with E-state index in [1.165, 1.54) is 12.1 Å². The second-order valence-corrected chi connectivity index (χ2v) is 3.90. The van der Waals surface area contributed by atoms with E-state index < -0.39 is 0 Å². The molecule has 2 nitrogen and oxygen atoms in total. The van der Waals surface area contributed by atoms with Gasteiger partial charge in [0.25, 0.3) is 0 Å². The summed E-state index contributed by atoms with van der Waals surface area (Å²) in [5.41, 5.74) is 1.85. The number of ether oxygens (including phenoxy) is 1. The third kappa shape index (κ3) is 4.13. The van der Waals surface area contributed by atoms with E-state index in [0.29, 0.717) is 12.4 Å². The fourth-order valence-corrected chi connectivity index (χ4v) is 1.52. The summed E-state index contributed by atoms with van der Waals surface area (Å²) in [7, 11) is 0. The van der Waals surface area contributed by atoms with Gasteiger partial charge in [-0.2, -0.15) is 0 Å². The smallest absolute Gasteiger partial charge is 0.123 e. The highest BCUT2D eigenvalue weighted by Gasteiger charge is 1.97. The summed E-state index contributed by atoms with van der Waals surface area (Å²) in [5.74, 6) is 5.76. The summed E-state index contributed by atoms with van der Waals surface area (Å²) >= 11 is 0. The number of hydrogen-bond acceptors (Lipinski definition) is 2. The van der Waals surface area contributed by atoms with Crippen LogP contribution >= 0.6 is 0 Å². The van der Waals surface area contributed by atoms with Gasteiger partial charge in [0.2, 0.25) is 0 Å². The van der Waals surface area contributed by atoms with Gasteiger partial charge in [-0.05, 0) is 42.0 Å². The molecule has 0 aromatic heterocycles. The zero-order valence-corrected chi connectivity index (χ0v) is 10.3. The molecule has 0 amide bonds. The van der Waals surface area contributed by atoms with Gasteiger partial charge >= 0.3 is 0 Å². The summed E-state index contributed by atoms with van der Waals surface area (Å²) in [6.45, 7) is 0.273. The lowest BCUT2D eigenvalue weighted by Crippen LogP contribution is -1.95. The maximum absolute atomic E-state index is 12.7. The first-order chi connectivity index (χ1) is 9.28. The van der Waals surface area contributed by atoms with Crippen LogP contribution in [0.5, 0.6) is 5.75 Å². The second-order valence-electron chi connectivity index (χ2n) is 3.90. The zero-order chi connectivity index (χ0) is 13.5. The number of halogens is 1. The molecule has 0 saturated heterocycles. The Morgan fingerprint density at radius 2 is 1.68 bits per heavy atom. The zero-order valence-electron chi connectivity index (χ0n) is 10.3. The molecule has 0 aliphatic carbocycles. The average Bonchev–Trinajstić information content (AvgIpc) is 2.46. The van der Waals surface area contributed by atoms with E-state index in [4.69, 9.17) is 9.84 Å². The van der Waals surface area contributed by atoms with Crippen LogP contribution in [0, 0.1) is 17.7 Å². The molecule has 0 fully saturated rings. The molecule has 0 radical (unpaired) electrons. The van der Waals surface area contributed by atoms with Gasteiger partial charge in [-0.1, -0.05) is 24.0 Å². The van der Waals surface area contributed by atoms with Gasteiger partial charge in [0, 0.05) is 5.56 Å². The third-order valence-corrected chi connectivity index (χ3v) is 2.48. The van der Waals surface area contributed by atoms with Crippen molar-refractivity contribution in [2.24, 2.45) is 0 Å². The quantitative estimate of drug-likeness (QED) is 0.856. The SMILES string of the molecule is OCC#Cc1ccc(COc2ccc(F)cc2)cc1. The monoisotopic (exact) mass is 256 g/mol. The highest BCUT2D eigenvalue weighted by molar-refractivity contribution is 5.36. The van der Waals surface area contributed by atoms with Crippen LogP contribution in [0.4, 0.5) is 4.39 Å². The van der Waals surface area contributed by atoms with Crippen molar-refractivity contribution < 1.29 is 14.2 Å². The predicted octanol–water partition coefficient (Wildman–Crippen LogP) is 2.75. The maximum Gasteiger partial charge on any atom is 0.123 e. The minimum Gasteiger partial charge on any atom is -0.489 e. The average molecular weight is 256 g/mol. The topological polar surface area (TPSA) is 29.5 Å². The second kappa shape index (κ2) is 6.58. The Morgan fingerprint density at radius 3 is 2.32 bits per heavy atom. The molecule has 0 bridgehead atoms. The first-order valence-corrected chi connectivity index (χ1v) is 5.85. The molecule has 0 unspecified atom stereocenters. The number of benzene rings is 2. The van der Waals surface area contributed by atoms with Crippen molar-refractivity contribution in [2.45, 2.75) is 6.61 Å². The highest BCUT2D eigenvalue weighted by atomic mass is 19.1. The molecule has 19 heavy (non-hydrogen) atoms. The molecule has 0 saturated carbocycles. The molecule has 0 aliphatic heterocycles. The standard InChI is InChI=1S/C16H13FO2/c17-15-7-9-16(10-8-15)19-12-14-5-3-13(4-6-14)2-1-11-18/h3-10,18H,11-12H2. The van der Waals surface area contributed by atoms with Crippen LogP contribution in [0.25, 0.3) is 0 Å². The normalized spacial score (nSPS) is 9.58. The lowest BCUT2D eigenvalue weighted by atomic mass is 10.1. The molecule has 3 heteroatoms. The minimum absolute atomic E-state index is 0.143. The first kappa shape index (κ1) is 13.1. The third-order valence-electron chi connectivity index (χ3n) is 2.48. The molecule has 0 heterocycles. The highest BCUT2D eigenvalue weighted by Crippen LogP contribution is 2.13. The number of hydrogen-bond donors (Lipinski definition) is 1. The van der Waals surface area contributed by atoms with Crippen LogP contribution in [0.3, 0.4) is 0 Å². The molecule has 0 atom stereocenters. The molecule has 0 spiro atoms. The fourth-order valence-electron chi connectivity index (χ4n) is 1.52. The Kier molecular flexibility index (Phi) is 4.54. The fraction of sp³-hybridized carbons (Fsp3) is 0.125. The maximum atomic E-state index is 12.7. The van der Waals surface area contributed by atoms with E-state index in [9.17, 15) is 4.39 Å². The first-order valence-electron chi connectivity index (χ1n) is 5.85. The van der Waals surface area contributed by atoms with Crippen LogP contribution < -0.4 is 4.74 Å². The van der Waals surface area contributed by atoms with Crippen LogP contribution in [0.15, 0.2) is 48.5 Å². The minimum atomic E-state index is -0.279. The van der Waals surface area contributed by atoms with E-state index in [2.05, 4.69) is 11.8 Å². The van der Waals surface area contributed by atoms with E-state index in [1.54, 1.807) is 12.1 Å². The summed E-state index contributed by atoms with van der Waals surface area (Å²) in [6, 6.07) is 13.5. The Balaban J connectivity index is 1.94. The van der Waals surface area contributed by atoms with Gasteiger partial charge in [-0.15, -0.1) is 0 Å². The van der Waals surface area contributed by atoms with Gasteiger partial charge in [0.15, 0.2) is 0 Å². The summed E-state index contributed by atoms with van der Waals surface area (Å²) < 4.78 is 18.2. The predicted molar refractivity (Wildman–Crippen MR) is 71.1 cm³/mol. The van der Waals surface area contributed by atoms with Crippen molar-refractivity contribution in [3.8, 4) is 17.6 Å². The molecule has 1 N–H and O–H groups in total. The van der Waals surface area contributed by atoms with Gasteiger partial charge in [0.1, 0.15) is 24.8 Å². The van der Waals surface area contributed by atoms with Crippen LogP contribution in [0.1, 0.15) is 11.1 Å². The van der Waals surface area contributed by atoms with Crippen molar-refractivity contribution in [1.29, 1.82) is 0 Å². The van der Waals surface area contributed by atoms with Crippen molar-refractivity contribution >= 4 is 0 Å². The van der Waals surface area contributed by atoms with Crippen molar-refractivity contribution in [1.82, 2.24) is 0 Å². The molecule has 0 aliphatic rings. The Hall–Kier alpha value is -2.31. The van der Waals surface area contributed by atoms with Crippen LogP contribution in [-0.4, -0.2) is 11.7 Å². The summed E-state index contributed by atoms with van der Waals surface area (Å²) in [6.07, 6.45) is 0. The molecular formula is C16H13FO2. The summed E-state index contributed by atoms with van der Waals surface area (Å²) in [5, 5.41) is 8.59. The van der Waals surface area contributed by atoms with Crippen molar-refractivity contribution in [2.75, 3.05) is 6.61 Å². The van der Waals surface area contributed by atoms with E-state index in [-0.39, 0.29) is 12.4 Å². The Morgan fingerprint density at radius 1 is 1.00 bits per heavy atom. The van der Waals surface area contributed by atoms with E-state index in [1.807, 2.05) is 24.3 Å². The van der Waals surface area contributed by atoms with E-state index in [0.717, 1.165) is 11.1 Å². The van der Waals surface area contributed by atoms with Gasteiger partial charge in [-0.25, -0.2) is 4.39 Å². The Labute approximate surface area is 111 Å². The van der Waals surface area contributed by atoms with E-state index >= 15 is 0 Å². The number of aliphatic hydroxyl groups excluding tert-OH is 1. The number of rotatable bonds is 3. The Bertz CT molecular complexity index is 577. The lowest BCUT2D eigenvalue weighted by Gasteiger charge is -2.06. The van der Waals surface area contributed by atoms with Crippen LogP contribution in [0.2, 0.25) is 0 Å². The van der Waals surface area contributed by atoms with Crippen molar-refractivity contribution in [3.63, 3.8) is 0 Å². The van der Waals surface area contributed by atoms with Gasteiger partial charge in [-0.3, -0.25) is 0 Å². The largest absolute Gasteiger partial charge is 0.489 e. The van der Waals surface area contributed by atoms with Crippen LogP contribution in [-0.2, 0) is 6.61 Å². The van der Waals surface area contributed by atoms with Crippen molar-refractivity contribution in [3.05, 3.63) is 65.5 Å². The van der Waals surface area contributed by atoms with Gasteiger partial charge in [0.05, 0.1) is 0 Å². The molecule has 96 valence electrons. The molecule has 2 aromatic carbocycles. The van der Waals surface area contributed by atoms with Gasteiger partial charge < -0.3 is 9.84 Å². The molecule has 2 rings (SSSR count).